The molecule has 1 fully saturated rings. The molecular formula is C15H24N2O2. The first kappa shape index (κ1) is 14.3. The zero-order valence-electron chi connectivity index (χ0n) is 12.1. The highest BCUT2D eigenvalue weighted by Gasteiger charge is 2.17. The molecule has 0 aromatic carbocycles. The Labute approximate surface area is 115 Å². The van der Waals surface area contributed by atoms with E-state index in [1.807, 2.05) is 13.0 Å². The summed E-state index contributed by atoms with van der Waals surface area (Å²) in [7, 11) is 0. The Morgan fingerprint density at radius 2 is 2.32 bits per heavy atom. The highest BCUT2D eigenvalue weighted by atomic mass is 16.5. The topological polar surface area (TPSA) is 43.4 Å². The number of rotatable bonds is 6. The smallest absolute Gasteiger partial charge is 0.213 e. The van der Waals surface area contributed by atoms with Gasteiger partial charge in [-0.25, -0.2) is 4.98 Å². The standard InChI is InChI=1S/C15H24N2O2/c1-11(2)8-16-9-13-4-5-15(17-12(13)3)19-14-6-7-18-10-14/h4-5,11,14,16H,6-10H2,1-3H3. The molecule has 106 valence electrons. The molecule has 19 heavy (non-hydrogen) atoms. The van der Waals surface area contributed by atoms with Crippen LogP contribution in [0.2, 0.25) is 0 Å². The molecule has 0 bridgehead atoms. The minimum atomic E-state index is 0.164. The van der Waals surface area contributed by atoms with Gasteiger partial charge < -0.3 is 14.8 Å². The third kappa shape index (κ3) is 4.48. The van der Waals surface area contributed by atoms with Crippen LogP contribution < -0.4 is 10.1 Å². The van der Waals surface area contributed by atoms with Gasteiger partial charge in [0.1, 0.15) is 6.10 Å². The molecule has 1 unspecified atom stereocenters. The average molecular weight is 264 g/mol. The minimum absolute atomic E-state index is 0.164. The molecule has 1 saturated heterocycles. The molecule has 4 heteroatoms. The Balaban J connectivity index is 1.88. The van der Waals surface area contributed by atoms with Crippen molar-refractivity contribution >= 4 is 0 Å². The number of hydrogen-bond acceptors (Lipinski definition) is 4. The highest BCUT2D eigenvalue weighted by Crippen LogP contribution is 2.17. The Bertz CT molecular complexity index is 401. The van der Waals surface area contributed by atoms with E-state index in [9.17, 15) is 0 Å². The molecule has 1 aromatic rings. The molecule has 0 saturated carbocycles. The summed E-state index contributed by atoms with van der Waals surface area (Å²) in [6.07, 6.45) is 1.12. The number of nitrogens with zero attached hydrogens (tertiary/aromatic N) is 1. The second-order valence-electron chi connectivity index (χ2n) is 5.52. The highest BCUT2D eigenvalue weighted by molar-refractivity contribution is 5.25. The maximum Gasteiger partial charge on any atom is 0.213 e. The molecule has 0 radical (unpaired) electrons. The van der Waals surface area contributed by atoms with Crippen LogP contribution in [0, 0.1) is 12.8 Å². The average Bonchev–Trinajstić information content (AvgIpc) is 2.84. The molecule has 2 rings (SSSR count). The summed E-state index contributed by atoms with van der Waals surface area (Å²) >= 11 is 0. The summed E-state index contributed by atoms with van der Waals surface area (Å²) < 4.78 is 11.1. The predicted molar refractivity (Wildman–Crippen MR) is 75.4 cm³/mol. The number of ether oxygens (including phenoxy) is 2. The first-order valence-corrected chi connectivity index (χ1v) is 7.07. The van der Waals surface area contributed by atoms with Crippen molar-refractivity contribution in [3.05, 3.63) is 23.4 Å². The fourth-order valence-electron chi connectivity index (χ4n) is 2.09. The maximum absolute atomic E-state index is 5.80. The van der Waals surface area contributed by atoms with E-state index in [2.05, 4.69) is 30.2 Å². The summed E-state index contributed by atoms with van der Waals surface area (Å²) in [4.78, 5) is 4.52. The summed E-state index contributed by atoms with van der Waals surface area (Å²) in [5.41, 5.74) is 2.27. The van der Waals surface area contributed by atoms with Gasteiger partial charge in [-0.2, -0.15) is 0 Å². The molecule has 2 heterocycles. The van der Waals surface area contributed by atoms with Gasteiger partial charge in [-0.1, -0.05) is 19.9 Å². The van der Waals surface area contributed by atoms with Gasteiger partial charge in [0.05, 0.1) is 13.2 Å². The van der Waals surface area contributed by atoms with Gasteiger partial charge in [0.2, 0.25) is 5.88 Å². The Kier molecular flexibility index (Phi) is 5.16. The van der Waals surface area contributed by atoms with Gasteiger partial charge in [0.15, 0.2) is 0 Å². The largest absolute Gasteiger partial charge is 0.472 e. The molecule has 4 nitrogen and oxygen atoms in total. The van der Waals surface area contributed by atoms with Crippen LogP contribution >= 0.6 is 0 Å². The van der Waals surface area contributed by atoms with E-state index in [0.29, 0.717) is 18.4 Å². The number of aromatic nitrogens is 1. The van der Waals surface area contributed by atoms with Gasteiger partial charge >= 0.3 is 0 Å². The van der Waals surface area contributed by atoms with Crippen LogP contribution in [0.3, 0.4) is 0 Å². The summed E-state index contributed by atoms with van der Waals surface area (Å²) in [5.74, 6) is 1.37. The van der Waals surface area contributed by atoms with E-state index in [0.717, 1.165) is 31.8 Å². The van der Waals surface area contributed by atoms with Crippen molar-refractivity contribution in [2.45, 2.75) is 39.8 Å². The minimum Gasteiger partial charge on any atom is -0.472 e. The van der Waals surface area contributed by atoms with Crippen LogP contribution in [0.25, 0.3) is 0 Å². The van der Waals surface area contributed by atoms with Crippen molar-refractivity contribution in [2.75, 3.05) is 19.8 Å². The van der Waals surface area contributed by atoms with Gasteiger partial charge in [-0.3, -0.25) is 0 Å². The fourth-order valence-corrected chi connectivity index (χ4v) is 2.09. The van der Waals surface area contributed by atoms with E-state index in [-0.39, 0.29) is 6.10 Å². The summed E-state index contributed by atoms with van der Waals surface area (Å²) in [6.45, 7) is 9.81. The van der Waals surface area contributed by atoms with Crippen molar-refractivity contribution in [3.63, 3.8) is 0 Å². The zero-order chi connectivity index (χ0) is 13.7. The molecule has 0 spiro atoms. The summed E-state index contributed by atoms with van der Waals surface area (Å²) in [6, 6.07) is 4.05. The van der Waals surface area contributed by atoms with Crippen LogP contribution in [-0.2, 0) is 11.3 Å². The number of aryl methyl sites for hydroxylation is 1. The monoisotopic (exact) mass is 264 g/mol. The Hall–Kier alpha value is -1.13. The molecule has 0 amide bonds. The van der Waals surface area contributed by atoms with Gasteiger partial charge in [0.25, 0.3) is 0 Å². The van der Waals surface area contributed by atoms with E-state index < -0.39 is 0 Å². The summed E-state index contributed by atoms with van der Waals surface area (Å²) in [5, 5.41) is 3.43. The third-order valence-electron chi connectivity index (χ3n) is 3.21. The molecule has 1 aliphatic heterocycles. The molecular weight excluding hydrogens is 240 g/mol. The maximum atomic E-state index is 5.80. The first-order valence-electron chi connectivity index (χ1n) is 7.07. The van der Waals surface area contributed by atoms with Crippen molar-refractivity contribution in [2.24, 2.45) is 5.92 Å². The zero-order valence-corrected chi connectivity index (χ0v) is 12.1. The van der Waals surface area contributed by atoms with E-state index in [1.54, 1.807) is 0 Å². The molecule has 1 N–H and O–H groups in total. The Morgan fingerprint density at radius 1 is 1.47 bits per heavy atom. The quantitative estimate of drug-likeness (QED) is 0.856. The van der Waals surface area contributed by atoms with Crippen LogP contribution in [0.4, 0.5) is 0 Å². The lowest BCUT2D eigenvalue weighted by Crippen LogP contribution is -2.20. The van der Waals surface area contributed by atoms with Crippen LogP contribution in [-0.4, -0.2) is 30.8 Å². The fraction of sp³-hybridized carbons (Fsp3) is 0.667. The van der Waals surface area contributed by atoms with Crippen LogP contribution in [0.15, 0.2) is 12.1 Å². The molecule has 1 atom stereocenters. The molecule has 1 aliphatic rings. The van der Waals surface area contributed by atoms with Crippen molar-refractivity contribution in [1.29, 1.82) is 0 Å². The van der Waals surface area contributed by atoms with Crippen LogP contribution in [0.1, 0.15) is 31.5 Å². The van der Waals surface area contributed by atoms with Gasteiger partial charge in [-0.15, -0.1) is 0 Å². The lowest BCUT2D eigenvalue weighted by atomic mass is 10.2. The van der Waals surface area contributed by atoms with Crippen LogP contribution in [0.5, 0.6) is 5.88 Å². The SMILES string of the molecule is Cc1nc(OC2CCOC2)ccc1CNCC(C)C. The number of hydrogen-bond donors (Lipinski definition) is 1. The van der Waals surface area contributed by atoms with Crippen molar-refractivity contribution in [1.82, 2.24) is 10.3 Å². The lowest BCUT2D eigenvalue weighted by molar-refractivity contribution is 0.138. The van der Waals surface area contributed by atoms with E-state index in [1.165, 1.54) is 5.56 Å². The van der Waals surface area contributed by atoms with E-state index in [4.69, 9.17) is 9.47 Å². The van der Waals surface area contributed by atoms with E-state index >= 15 is 0 Å². The van der Waals surface area contributed by atoms with Gasteiger partial charge in [-0.05, 0) is 24.9 Å². The predicted octanol–water partition coefficient (Wildman–Crippen LogP) is 2.30. The molecule has 1 aromatic heterocycles. The second-order valence-corrected chi connectivity index (χ2v) is 5.52. The normalized spacial score (nSPS) is 19.1. The lowest BCUT2D eigenvalue weighted by Gasteiger charge is -2.13. The molecule has 0 aliphatic carbocycles. The van der Waals surface area contributed by atoms with Gasteiger partial charge in [0, 0.05) is 24.7 Å². The van der Waals surface area contributed by atoms with Crippen molar-refractivity contribution in [3.8, 4) is 5.88 Å². The third-order valence-corrected chi connectivity index (χ3v) is 3.21. The first-order chi connectivity index (χ1) is 9.15. The van der Waals surface area contributed by atoms with Crippen molar-refractivity contribution < 1.29 is 9.47 Å². The Morgan fingerprint density at radius 3 is 2.95 bits per heavy atom. The number of pyridine rings is 1. The second kappa shape index (κ2) is 6.87. The number of nitrogens with one attached hydrogen (secondary N) is 1.